The van der Waals surface area contributed by atoms with Crippen LogP contribution in [0.15, 0.2) is 4.99 Å². The minimum absolute atomic E-state index is 0.198. The van der Waals surface area contributed by atoms with Crippen LogP contribution in [-0.4, -0.2) is 44.5 Å². The fraction of sp³-hybridized carbons (Fsp3) is 0.952. The lowest BCUT2D eigenvalue weighted by Crippen LogP contribution is -2.50. The van der Waals surface area contributed by atoms with E-state index in [4.69, 9.17) is 4.99 Å². The highest BCUT2D eigenvalue weighted by Crippen LogP contribution is 2.44. The van der Waals surface area contributed by atoms with Gasteiger partial charge in [0.2, 0.25) is 0 Å². The minimum atomic E-state index is -2.82. The van der Waals surface area contributed by atoms with Gasteiger partial charge in [-0.15, -0.1) is 0 Å². The number of hydrogen-bond donors (Lipinski definition) is 2. The molecule has 2 N–H and O–H groups in total. The van der Waals surface area contributed by atoms with Gasteiger partial charge in [0.1, 0.15) is 0 Å². The Morgan fingerprint density at radius 3 is 2.56 bits per heavy atom. The average Bonchev–Trinajstić information content (AvgIpc) is 3.35. The summed E-state index contributed by atoms with van der Waals surface area (Å²) < 4.78 is 23.5. The van der Waals surface area contributed by atoms with E-state index in [-0.39, 0.29) is 5.92 Å². The molecule has 0 aromatic rings. The van der Waals surface area contributed by atoms with Gasteiger partial charge in [-0.2, -0.15) is 0 Å². The quantitative estimate of drug-likeness (QED) is 0.554. The molecule has 0 spiro atoms. The Bertz CT molecular complexity index is 648. The number of hydrogen-bond acceptors (Lipinski definition) is 3. The molecule has 1 aliphatic heterocycles. The van der Waals surface area contributed by atoms with E-state index in [0.29, 0.717) is 30.1 Å². The van der Waals surface area contributed by atoms with Gasteiger partial charge in [-0.1, -0.05) is 32.6 Å². The van der Waals surface area contributed by atoms with E-state index in [1.165, 1.54) is 57.8 Å². The van der Waals surface area contributed by atoms with Crippen LogP contribution >= 0.6 is 0 Å². The van der Waals surface area contributed by atoms with Gasteiger partial charge in [0.15, 0.2) is 15.8 Å². The monoisotopic (exact) mass is 395 g/mol. The van der Waals surface area contributed by atoms with Gasteiger partial charge in [-0.3, -0.25) is 4.99 Å². The molecule has 3 saturated carbocycles. The average molecular weight is 396 g/mol. The van der Waals surface area contributed by atoms with Crippen LogP contribution in [0.3, 0.4) is 0 Å². The van der Waals surface area contributed by atoms with Crippen molar-refractivity contribution in [2.45, 2.75) is 83.2 Å². The van der Waals surface area contributed by atoms with Gasteiger partial charge in [0.25, 0.3) is 0 Å². The van der Waals surface area contributed by atoms with Crippen molar-refractivity contribution >= 4 is 15.8 Å². The highest BCUT2D eigenvalue weighted by molar-refractivity contribution is 7.91. The third-order valence-corrected chi connectivity index (χ3v) is 9.43. The molecule has 0 aromatic heterocycles. The van der Waals surface area contributed by atoms with Gasteiger partial charge in [0, 0.05) is 18.6 Å². The zero-order valence-corrected chi connectivity index (χ0v) is 17.6. The van der Waals surface area contributed by atoms with Crippen LogP contribution < -0.4 is 10.6 Å². The number of nitrogens with zero attached hydrogens (tertiary/aromatic N) is 1. The molecule has 4 aliphatic rings. The van der Waals surface area contributed by atoms with Crippen molar-refractivity contribution in [3.05, 3.63) is 0 Å². The Balaban J connectivity index is 1.39. The van der Waals surface area contributed by atoms with E-state index in [1.807, 2.05) is 0 Å². The molecular weight excluding hydrogens is 358 g/mol. The number of guanidine groups is 1. The summed E-state index contributed by atoms with van der Waals surface area (Å²) >= 11 is 0. The van der Waals surface area contributed by atoms with Gasteiger partial charge in [-0.05, 0) is 62.2 Å². The highest BCUT2D eigenvalue weighted by Gasteiger charge is 2.40. The Hall–Kier alpha value is -0.780. The van der Waals surface area contributed by atoms with Crippen LogP contribution in [0.5, 0.6) is 0 Å². The lowest BCUT2D eigenvalue weighted by atomic mass is 9.84. The highest BCUT2D eigenvalue weighted by atomic mass is 32.2. The zero-order valence-electron chi connectivity index (χ0n) is 16.8. The molecule has 6 unspecified atom stereocenters. The first-order valence-corrected chi connectivity index (χ1v) is 13.1. The molecule has 1 heterocycles. The Morgan fingerprint density at radius 1 is 1.00 bits per heavy atom. The summed E-state index contributed by atoms with van der Waals surface area (Å²) in [5.74, 6) is 4.37. The smallest absolute Gasteiger partial charge is 0.191 e. The molecule has 0 radical (unpaired) electrons. The number of aliphatic imine (C=N–C) groups is 1. The van der Waals surface area contributed by atoms with E-state index in [9.17, 15) is 8.42 Å². The van der Waals surface area contributed by atoms with Gasteiger partial charge in [0.05, 0.1) is 11.5 Å². The summed E-state index contributed by atoms with van der Waals surface area (Å²) in [6, 6.07) is 1.08. The normalized spacial score (nSPS) is 41.0. The Kier molecular flexibility index (Phi) is 6.00. The summed E-state index contributed by atoms with van der Waals surface area (Å²) in [5, 5.41) is 7.50. The molecule has 2 bridgehead atoms. The van der Waals surface area contributed by atoms with E-state index < -0.39 is 9.84 Å². The molecule has 6 atom stereocenters. The molecule has 4 fully saturated rings. The van der Waals surface area contributed by atoms with Crippen LogP contribution in [0.2, 0.25) is 0 Å². The van der Waals surface area contributed by atoms with Crippen LogP contribution in [0.1, 0.15) is 71.1 Å². The second kappa shape index (κ2) is 8.30. The third-order valence-electron chi connectivity index (χ3n) is 7.60. The van der Waals surface area contributed by atoms with Crippen molar-refractivity contribution in [3.63, 3.8) is 0 Å². The molecule has 4 rings (SSSR count). The SMILES string of the molecule is CCC1CCCC(NC(=NCC2CCS(=O)(=O)C2)NC2CC3CCC2C3)C1. The second-order valence-electron chi connectivity index (χ2n) is 9.67. The predicted molar refractivity (Wildman–Crippen MR) is 111 cm³/mol. The van der Waals surface area contributed by atoms with Crippen molar-refractivity contribution < 1.29 is 8.42 Å². The minimum Gasteiger partial charge on any atom is -0.354 e. The maximum Gasteiger partial charge on any atom is 0.191 e. The van der Waals surface area contributed by atoms with Gasteiger partial charge < -0.3 is 10.6 Å². The fourth-order valence-electron chi connectivity index (χ4n) is 5.95. The topological polar surface area (TPSA) is 70.6 Å². The van der Waals surface area contributed by atoms with Gasteiger partial charge in [-0.25, -0.2) is 8.42 Å². The molecule has 6 heteroatoms. The maximum atomic E-state index is 11.8. The first-order chi connectivity index (χ1) is 13.0. The maximum absolute atomic E-state index is 11.8. The number of sulfone groups is 1. The van der Waals surface area contributed by atoms with Crippen LogP contribution in [0.4, 0.5) is 0 Å². The molecule has 3 aliphatic carbocycles. The standard InChI is InChI=1S/C21H37N3O2S/c1-2-15-4-3-5-19(11-15)23-21(22-13-17-8-9-27(25,26)14-17)24-20-12-16-6-7-18(20)10-16/h15-20H,2-14H2,1H3,(H2,22,23,24). The number of fused-ring (bicyclic) bond motifs is 2. The Morgan fingerprint density at radius 2 is 1.89 bits per heavy atom. The number of rotatable bonds is 5. The summed E-state index contributed by atoms with van der Waals surface area (Å²) in [7, 11) is -2.82. The van der Waals surface area contributed by atoms with Crippen molar-refractivity contribution in [1.82, 2.24) is 10.6 Å². The van der Waals surface area contributed by atoms with Crippen LogP contribution in [0, 0.1) is 23.7 Å². The predicted octanol–water partition coefficient (Wildman–Crippen LogP) is 3.11. The first-order valence-electron chi connectivity index (χ1n) is 11.3. The van der Waals surface area contributed by atoms with Crippen LogP contribution in [0.25, 0.3) is 0 Å². The molecule has 0 amide bonds. The molecule has 5 nitrogen and oxygen atoms in total. The molecule has 27 heavy (non-hydrogen) atoms. The molecule has 0 aromatic carbocycles. The van der Waals surface area contributed by atoms with E-state index >= 15 is 0 Å². The van der Waals surface area contributed by atoms with Gasteiger partial charge >= 0.3 is 0 Å². The zero-order chi connectivity index (χ0) is 18.9. The molecule has 1 saturated heterocycles. The lowest BCUT2D eigenvalue weighted by molar-refractivity contribution is 0.296. The summed E-state index contributed by atoms with van der Waals surface area (Å²) in [6.07, 6.45) is 12.6. The van der Waals surface area contributed by atoms with E-state index in [0.717, 1.165) is 30.1 Å². The summed E-state index contributed by atoms with van der Waals surface area (Å²) in [6.45, 7) is 2.94. The largest absolute Gasteiger partial charge is 0.354 e. The lowest BCUT2D eigenvalue weighted by Gasteiger charge is -2.32. The Labute approximate surface area is 165 Å². The van der Waals surface area contributed by atoms with Crippen LogP contribution in [-0.2, 0) is 9.84 Å². The van der Waals surface area contributed by atoms with Crippen molar-refractivity contribution in [2.24, 2.45) is 28.7 Å². The van der Waals surface area contributed by atoms with Crippen molar-refractivity contribution in [1.29, 1.82) is 0 Å². The molecule has 154 valence electrons. The third kappa shape index (κ3) is 4.99. The van der Waals surface area contributed by atoms with E-state index in [1.54, 1.807) is 0 Å². The number of nitrogens with one attached hydrogen (secondary N) is 2. The molecular formula is C21H37N3O2S. The van der Waals surface area contributed by atoms with Crippen molar-refractivity contribution in [3.8, 4) is 0 Å². The second-order valence-corrected chi connectivity index (χ2v) is 11.9. The summed E-state index contributed by atoms with van der Waals surface area (Å²) in [5.41, 5.74) is 0. The first kappa shape index (κ1) is 19.5. The fourth-order valence-corrected chi connectivity index (χ4v) is 7.80. The van der Waals surface area contributed by atoms with Crippen molar-refractivity contribution in [2.75, 3.05) is 18.1 Å². The summed E-state index contributed by atoms with van der Waals surface area (Å²) in [4.78, 5) is 4.89. The van der Waals surface area contributed by atoms with E-state index in [2.05, 4.69) is 17.6 Å².